The topological polar surface area (TPSA) is 26.0 Å². The molecule has 0 radical (unpaired) electrons. The fourth-order valence-corrected chi connectivity index (χ4v) is 3.02. The Morgan fingerprint density at radius 2 is 2.08 bits per heavy atom. The summed E-state index contributed by atoms with van der Waals surface area (Å²) in [6.07, 6.45) is 5.01. The van der Waals surface area contributed by atoms with Crippen LogP contribution in [0.1, 0.15) is 35.4 Å². The summed E-state index contributed by atoms with van der Waals surface area (Å²) < 4.78 is 0. The van der Waals surface area contributed by atoms with Gasteiger partial charge in [-0.05, 0) is 48.3 Å². The van der Waals surface area contributed by atoms with Crippen molar-refractivity contribution in [2.45, 2.75) is 37.6 Å². The number of benzene rings is 1. The quantitative estimate of drug-likeness (QED) is 0.638. The van der Waals surface area contributed by atoms with Crippen molar-refractivity contribution in [2.24, 2.45) is 5.73 Å². The zero-order valence-electron chi connectivity index (χ0n) is 7.79. The van der Waals surface area contributed by atoms with E-state index in [0.717, 1.165) is 6.42 Å². The van der Waals surface area contributed by atoms with Gasteiger partial charge in [0.15, 0.2) is 0 Å². The number of hydrogen-bond donors (Lipinski definition) is 1. The molecule has 2 aliphatic carbocycles. The van der Waals surface area contributed by atoms with Gasteiger partial charge >= 0.3 is 0 Å². The molecule has 1 unspecified atom stereocenters. The maximum Gasteiger partial charge on any atom is 0.0149 e. The SMILES string of the molecule is N[C@@H]1Cc2cccc3c2C1CCC3. The highest BCUT2D eigenvalue weighted by molar-refractivity contribution is 5.45. The highest BCUT2D eigenvalue weighted by Gasteiger charge is 2.33. The van der Waals surface area contributed by atoms with Gasteiger partial charge in [0.2, 0.25) is 0 Å². The molecule has 0 bridgehead atoms. The summed E-state index contributed by atoms with van der Waals surface area (Å²) in [5.41, 5.74) is 10.8. The largest absolute Gasteiger partial charge is 0.327 e. The molecule has 2 N–H and O–H groups in total. The number of hydrogen-bond acceptors (Lipinski definition) is 1. The van der Waals surface area contributed by atoms with Gasteiger partial charge in [0.05, 0.1) is 0 Å². The van der Waals surface area contributed by atoms with E-state index in [4.69, 9.17) is 5.73 Å². The van der Waals surface area contributed by atoms with E-state index in [1.165, 1.54) is 24.8 Å². The molecule has 0 spiro atoms. The first-order chi connectivity index (χ1) is 6.36. The van der Waals surface area contributed by atoms with Crippen LogP contribution in [0.2, 0.25) is 0 Å². The van der Waals surface area contributed by atoms with Crippen LogP contribution in [-0.4, -0.2) is 6.04 Å². The van der Waals surface area contributed by atoms with Gasteiger partial charge in [-0.1, -0.05) is 18.2 Å². The average Bonchev–Trinajstić information content (AvgIpc) is 2.47. The van der Waals surface area contributed by atoms with Gasteiger partial charge in [-0.2, -0.15) is 0 Å². The number of rotatable bonds is 0. The lowest BCUT2D eigenvalue weighted by Crippen LogP contribution is -2.26. The molecule has 68 valence electrons. The Morgan fingerprint density at radius 3 is 3.00 bits per heavy atom. The van der Waals surface area contributed by atoms with Crippen LogP contribution in [-0.2, 0) is 12.8 Å². The highest BCUT2D eigenvalue weighted by atomic mass is 14.7. The van der Waals surface area contributed by atoms with Gasteiger partial charge in [-0.15, -0.1) is 0 Å². The van der Waals surface area contributed by atoms with Crippen LogP contribution in [0.25, 0.3) is 0 Å². The lowest BCUT2D eigenvalue weighted by Gasteiger charge is -2.24. The molecule has 2 aliphatic rings. The molecule has 2 atom stereocenters. The molecule has 1 aromatic rings. The lowest BCUT2D eigenvalue weighted by molar-refractivity contribution is 0.496. The fraction of sp³-hybridized carbons (Fsp3) is 0.500. The fourth-order valence-electron chi connectivity index (χ4n) is 3.02. The van der Waals surface area contributed by atoms with Gasteiger partial charge < -0.3 is 5.73 Å². The van der Waals surface area contributed by atoms with Crippen LogP contribution in [0.3, 0.4) is 0 Å². The molecule has 1 aromatic carbocycles. The summed E-state index contributed by atoms with van der Waals surface area (Å²) in [7, 11) is 0. The molecule has 1 heteroatoms. The van der Waals surface area contributed by atoms with Gasteiger partial charge in [0, 0.05) is 6.04 Å². The third kappa shape index (κ3) is 0.969. The van der Waals surface area contributed by atoms with Crippen LogP contribution in [0, 0.1) is 0 Å². The predicted molar refractivity (Wildman–Crippen MR) is 53.8 cm³/mol. The van der Waals surface area contributed by atoms with Gasteiger partial charge in [-0.3, -0.25) is 0 Å². The summed E-state index contributed by atoms with van der Waals surface area (Å²) in [6, 6.07) is 7.12. The Bertz CT molecular complexity index is 343. The van der Waals surface area contributed by atoms with Crippen molar-refractivity contribution in [1.29, 1.82) is 0 Å². The summed E-state index contributed by atoms with van der Waals surface area (Å²) in [4.78, 5) is 0. The molecule has 0 saturated heterocycles. The lowest BCUT2D eigenvalue weighted by atomic mass is 9.83. The minimum Gasteiger partial charge on any atom is -0.327 e. The van der Waals surface area contributed by atoms with Crippen LogP contribution in [0.4, 0.5) is 0 Å². The van der Waals surface area contributed by atoms with Crippen molar-refractivity contribution in [3.05, 3.63) is 34.9 Å². The number of nitrogens with two attached hydrogens (primary N) is 1. The molecule has 0 aliphatic heterocycles. The zero-order valence-corrected chi connectivity index (χ0v) is 7.79. The highest BCUT2D eigenvalue weighted by Crippen LogP contribution is 2.41. The maximum absolute atomic E-state index is 6.14. The Balaban J connectivity index is 2.20. The van der Waals surface area contributed by atoms with Crippen LogP contribution in [0.15, 0.2) is 18.2 Å². The standard InChI is InChI=1S/C12H15N/c13-11-7-9-5-1-3-8-4-2-6-10(11)12(8)9/h1,3,5,10-11H,2,4,6-7,13H2/t10?,11-/m1/s1. The van der Waals surface area contributed by atoms with Gasteiger partial charge in [0.25, 0.3) is 0 Å². The van der Waals surface area contributed by atoms with E-state index in [1.807, 2.05) is 0 Å². The van der Waals surface area contributed by atoms with E-state index in [9.17, 15) is 0 Å². The van der Waals surface area contributed by atoms with E-state index in [1.54, 1.807) is 11.1 Å². The van der Waals surface area contributed by atoms with E-state index < -0.39 is 0 Å². The van der Waals surface area contributed by atoms with E-state index >= 15 is 0 Å². The van der Waals surface area contributed by atoms with Crippen molar-refractivity contribution in [3.63, 3.8) is 0 Å². The van der Waals surface area contributed by atoms with Crippen molar-refractivity contribution in [1.82, 2.24) is 0 Å². The van der Waals surface area contributed by atoms with Crippen LogP contribution < -0.4 is 5.73 Å². The molecule has 13 heavy (non-hydrogen) atoms. The number of aryl methyl sites for hydroxylation is 1. The zero-order chi connectivity index (χ0) is 8.84. The minimum atomic E-state index is 0.399. The summed E-state index contributed by atoms with van der Waals surface area (Å²) in [5.74, 6) is 0.681. The Kier molecular flexibility index (Phi) is 1.50. The average molecular weight is 173 g/mol. The van der Waals surface area contributed by atoms with Crippen molar-refractivity contribution >= 4 is 0 Å². The minimum absolute atomic E-state index is 0.399. The van der Waals surface area contributed by atoms with E-state index in [2.05, 4.69) is 18.2 Å². The Hall–Kier alpha value is -0.820. The molecule has 0 amide bonds. The second-order valence-electron chi connectivity index (χ2n) is 4.36. The molecule has 3 rings (SSSR count). The molecule has 0 aromatic heterocycles. The van der Waals surface area contributed by atoms with E-state index in [0.29, 0.717) is 12.0 Å². The van der Waals surface area contributed by atoms with E-state index in [-0.39, 0.29) is 0 Å². The summed E-state index contributed by atoms with van der Waals surface area (Å²) in [6.45, 7) is 0. The third-order valence-electron chi connectivity index (χ3n) is 3.59. The smallest absolute Gasteiger partial charge is 0.0149 e. The van der Waals surface area contributed by atoms with Crippen molar-refractivity contribution in [2.75, 3.05) is 0 Å². The summed E-state index contributed by atoms with van der Waals surface area (Å²) in [5, 5.41) is 0. The third-order valence-corrected chi connectivity index (χ3v) is 3.59. The second-order valence-corrected chi connectivity index (χ2v) is 4.36. The van der Waals surface area contributed by atoms with Crippen molar-refractivity contribution in [3.8, 4) is 0 Å². The van der Waals surface area contributed by atoms with Gasteiger partial charge in [-0.25, -0.2) is 0 Å². The predicted octanol–water partition coefficient (Wildman–Crippen LogP) is 1.99. The Labute approximate surface area is 78.9 Å². The van der Waals surface area contributed by atoms with Gasteiger partial charge in [0.1, 0.15) is 0 Å². The normalized spacial score (nSPS) is 30.2. The molecule has 0 heterocycles. The first-order valence-electron chi connectivity index (χ1n) is 5.22. The molecular formula is C12H15N. The molecule has 0 saturated carbocycles. The first kappa shape index (κ1) is 7.57. The molecular weight excluding hydrogens is 158 g/mol. The molecule has 1 nitrogen and oxygen atoms in total. The molecule has 0 fully saturated rings. The summed E-state index contributed by atoms with van der Waals surface area (Å²) >= 11 is 0. The maximum atomic E-state index is 6.14. The Morgan fingerprint density at radius 1 is 1.23 bits per heavy atom. The first-order valence-corrected chi connectivity index (χ1v) is 5.22. The van der Waals surface area contributed by atoms with Crippen LogP contribution >= 0.6 is 0 Å². The van der Waals surface area contributed by atoms with Crippen LogP contribution in [0.5, 0.6) is 0 Å². The van der Waals surface area contributed by atoms with Crippen molar-refractivity contribution < 1.29 is 0 Å². The monoisotopic (exact) mass is 173 g/mol. The second kappa shape index (κ2) is 2.58.